The fourth-order valence-electron chi connectivity index (χ4n) is 5.01. The van der Waals surface area contributed by atoms with Gasteiger partial charge in [-0.2, -0.15) is 0 Å². The minimum atomic E-state index is -0.125. The van der Waals surface area contributed by atoms with Gasteiger partial charge in [-0.3, -0.25) is 19.5 Å². The molecular formula is C26H34N6O2. The number of nitrogen functional groups attached to an aromatic ring is 1. The Morgan fingerprint density at radius 2 is 1.76 bits per heavy atom. The highest BCUT2D eigenvalue weighted by Crippen LogP contribution is 2.32. The number of carbonyl (C=O) groups excluding carboxylic acids is 2. The number of allylic oxidation sites excluding steroid dienone is 1. The number of likely N-dealkylation sites (N-methyl/N-ethyl adjacent to an activating group) is 1. The highest BCUT2D eigenvalue weighted by molar-refractivity contribution is 5.95. The maximum absolute atomic E-state index is 13.2. The van der Waals surface area contributed by atoms with Crippen molar-refractivity contribution < 1.29 is 9.59 Å². The van der Waals surface area contributed by atoms with E-state index < -0.39 is 0 Å². The van der Waals surface area contributed by atoms with Gasteiger partial charge >= 0.3 is 0 Å². The zero-order chi connectivity index (χ0) is 23.9. The number of rotatable bonds is 6. The maximum atomic E-state index is 13.2. The molecule has 4 rings (SSSR count). The third kappa shape index (κ3) is 5.99. The summed E-state index contributed by atoms with van der Waals surface area (Å²) in [7, 11) is 1.63. The molecular weight excluding hydrogens is 428 g/mol. The fraction of sp³-hybridized carbons (Fsp3) is 0.462. The molecule has 0 radical (unpaired) electrons. The average Bonchev–Trinajstić information content (AvgIpc) is 2.88. The molecule has 0 saturated carbocycles. The Kier molecular flexibility index (Phi) is 7.90. The SMILES string of the molecule is CNC(=O)/C=C(\c1ccccn1)C1CCN(C(=O)C2CCN(Cc3ccnc(N)c3)CC2)CC1. The van der Waals surface area contributed by atoms with Crippen LogP contribution in [0.1, 0.15) is 36.9 Å². The number of carbonyl (C=O) groups is 2. The van der Waals surface area contributed by atoms with Gasteiger partial charge in [0.05, 0.1) is 5.69 Å². The van der Waals surface area contributed by atoms with E-state index in [9.17, 15) is 9.59 Å². The van der Waals surface area contributed by atoms with E-state index in [0.29, 0.717) is 5.82 Å². The van der Waals surface area contributed by atoms with Gasteiger partial charge in [0.1, 0.15) is 5.82 Å². The van der Waals surface area contributed by atoms with Crippen molar-refractivity contribution in [2.45, 2.75) is 32.2 Å². The number of hydrogen-bond acceptors (Lipinski definition) is 6. The number of anilines is 1. The fourth-order valence-corrected chi connectivity index (χ4v) is 5.01. The second kappa shape index (κ2) is 11.2. The molecule has 0 aromatic carbocycles. The van der Waals surface area contributed by atoms with E-state index in [1.165, 1.54) is 0 Å². The van der Waals surface area contributed by atoms with Crippen LogP contribution in [0.4, 0.5) is 5.82 Å². The third-order valence-corrected chi connectivity index (χ3v) is 6.93. The molecule has 2 fully saturated rings. The van der Waals surface area contributed by atoms with Gasteiger partial charge in [0.15, 0.2) is 0 Å². The summed E-state index contributed by atoms with van der Waals surface area (Å²) in [6, 6.07) is 9.67. The van der Waals surface area contributed by atoms with Gasteiger partial charge in [-0.05, 0) is 80.1 Å². The zero-order valence-corrected chi connectivity index (χ0v) is 19.8. The molecule has 4 heterocycles. The minimum absolute atomic E-state index is 0.0898. The molecule has 180 valence electrons. The van der Waals surface area contributed by atoms with E-state index in [2.05, 4.69) is 20.2 Å². The van der Waals surface area contributed by atoms with Crippen LogP contribution in [0.3, 0.4) is 0 Å². The molecule has 8 heteroatoms. The number of hydrogen-bond donors (Lipinski definition) is 2. The molecule has 34 heavy (non-hydrogen) atoms. The number of nitrogens with zero attached hydrogens (tertiary/aromatic N) is 4. The predicted octanol–water partition coefficient (Wildman–Crippen LogP) is 2.34. The smallest absolute Gasteiger partial charge is 0.244 e. The van der Waals surface area contributed by atoms with Crippen LogP contribution in [-0.4, -0.2) is 64.8 Å². The Bertz CT molecular complexity index is 1010. The van der Waals surface area contributed by atoms with Crippen molar-refractivity contribution in [3.05, 3.63) is 60.1 Å². The molecule has 0 bridgehead atoms. The van der Waals surface area contributed by atoms with E-state index >= 15 is 0 Å². The summed E-state index contributed by atoms with van der Waals surface area (Å²) >= 11 is 0. The molecule has 2 amide bonds. The van der Waals surface area contributed by atoms with Crippen molar-refractivity contribution in [2.24, 2.45) is 11.8 Å². The average molecular weight is 463 g/mol. The maximum Gasteiger partial charge on any atom is 0.244 e. The lowest BCUT2D eigenvalue weighted by Gasteiger charge is -2.37. The number of piperidine rings is 2. The van der Waals surface area contributed by atoms with Crippen LogP contribution in [0.2, 0.25) is 0 Å². The van der Waals surface area contributed by atoms with Gasteiger partial charge in [-0.15, -0.1) is 0 Å². The standard InChI is InChI=1S/C26H34N6O2/c1-28-25(33)17-22(23-4-2-3-10-29-23)20-8-14-32(15-9-20)26(34)21-6-12-31(13-7-21)18-19-5-11-30-24(27)16-19/h2-5,10-11,16-17,20-21H,6-9,12-15,18H2,1H3,(H2,27,30)(H,28,33)/b22-17-. The zero-order valence-electron chi connectivity index (χ0n) is 19.8. The first-order valence-electron chi connectivity index (χ1n) is 12.1. The van der Waals surface area contributed by atoms with Gasteiger partial charge < -0.3 is 16.0 Å². The Hall–Kier alpha value is -3.26. The van der Waals surface area contributed by atoms with Crippen LogP contribution in [0.15, 0.2) is 48.8 Å². The number of nitrogens with two attached hydrogens (primary N) is 1. The Labute approximate surface area is 201 Å². The second-order valence-electron chi connectivity index (χ2n) is 9.17. The summed E-state index contributed by atoms with van der Waals surface area (Å²) in [5.74, 6) is 1.00. The summed E-state index contributed by atoms with van der Waals surface area (Å²) < 4.78 is 0. The molecule has 2 aliphatic rings. The Morgan fingerprint density at radius 1 is 1.03 bits per heavy atom. The summed E-state index contributed by atoms with van der Waals surface area (Å²) in [5.41, 5.74) is 8.74. The second-order valence-corrected chi connectivity index (χ2v) is 9.17. The first-order chi connectivity index (χ1) is 16.5. The first kappa shape index (κ1) is 23.9. The van der Waals surface area contributed by atoms with Crippen molar-refractivity contribution in [2.75, 3.05) is 39.0 Å². The first-order valence-corrected chi connectivity index (χ1v) is 12.1. The van der Waals surface area contributed by atoms with Crippen LogP contribution in [0.5, 0.6) is 0 Å². The summed E-state index contributed by atoms with van der Waals surface area (Å²) in [6.45, 7) is 4.10. The third-order valence-electron chi connectivity index (χ3n) is 6.93. The van der Waals surface area contributed by atoms with Gasteiger partial charge in [0, 0.05) is 51.1 Å². The highest BCUT2D eigenvalue weighted by Gasteiger charge is 2.32. The molecule has 2 saturated heterocycles. The molecule has 2 aromatic heterocycles. The van der Waals surface area contributed by atoms with E-state index in [-0.39, 0.29) is 23.7 Å². The lowest BCUT2D eigenvalue weighted by atomic mass is 9.85. The van der Waals surface area contributed by atoms with Crippen molar-refractivity contribution in [3.8, 4) is 0 Å². The van der Waals surface area contributed by atoms with Gasteiger partial charge in [-0.1, -0.05) is 6.07 Å². The van der Waals surface area contributed by atoms with Crippen LogP contribution in [0, 0.1) is 11.8 Å². The number of amides is 2. The van der Waals surface area contributed by atoms with Crippen LogP contribution in [-0.2, 0) is 16.1 Å². The van der Waals surface area contributed by atoms with Crippen molar-refractivity contribution >= 4 is 23.2 Å². The largest absolute Gasteiger partial charge is 0.384 e. The number of likely N-dealkylation sites (tertiary alicyclic amines) is 2. The Balaban J connectivity index is 1.30. The number of pyridine rings is 2. The van der Waals surface area contributed by atoms with E-state index in [0.717, 1.165) is 75.2 Å². The topological polar surface area (TPSA) is 104 Å². The summed E-state index contributed by atoms with van der Waals surface area (Å²) in [6.07, 6.45) is 8.61. The molecule has 0 aliphatic carbocycles. The quantitative estimate of drug-likeness (QED) is 0.639. The van der Waals surface area contributed by atoms with Crippen molar-refractivity contribution in [3.63, 3.8) is 0 Å². The van der Waals surface area contributed by atoms with E-state index in [4.69, 9.17) is 5.73 Å². The molecule has 3 N–H and O–H groups in total. The normalized spacial score (nSPS) is 18.6. The number of nitrogens with one attached hydrogen (secondary N) is 1. The monoisotopic (exact) mass is 462 g/mol. The van der Waals surface area contributed by atoms with Gasteiger partial charge in [0.25, 0.3) is 0 Å². The lowest BCUT2D eigenvalue weighted by Crippen LogP contribution is -2.45. The molecule has 2 aromatic rings. The summed E-state index contributed by atoms with van der Waals surface area (Å²) in [4.78, 5) is 38.2. The predicted molar refractivity (Wildman–Crippen MR) is 132 cm³/mol. The molecule has 8 nitrogen and oxygen atoms in total. The van der Waals surface area contributed by atoms with Crippen LogP contribution in [0.25, 0.3) is 5.57 Å². The van der Waals surface area contributed by atoms with Crippen molar-refractivity contribution in [1.82, 2.24) is 25.1 Å². The van der Waals surface area contributed by atoms with Gasteiger partial charge in [0.2, 0.25) is 11.8 Å². The molecule has 0 unspecified atom stereocenters. The van der Waals surface area contributed by atoms with Crippen molar-refractivity contribution in [1.29, 1.82) is 0 Å². The van der Waals surface area contributed by atoms with Crippen LogP contribution < -0.4 is 11.1 Å². The Morgan fingerprint density at radius 3 is 2.41 bits per heavy atom. The van der Waals surface area contributed by atoms with E-state index in [1.54, 1.807) is 25.5 Å². The minimum Gasteiger partial charge on any atom is -0.384 e. The van der Waals surface area contributed by atoms with E-state index in [1.807, 2.05) is 35.2 Å². The molecule has 2 aliphatic heterocycles. The number of aromatic nitrogens is 2. The van der Waals surface area contributed by atoms with Crippen LogP contribution >= 0.6 is 0 Å². The summed E-state index contributed by atoms with van der Waals surface area (Å²) in [5, 5.41) is 2.67. The molecule has 0 spiro atoms. The molecule has 0 atom stereocenters. The lowest BCUT2D eigenvalue weighted by molar-refractivity contribution is -0.138. The highest BCUT2D eigenvalue weighted by atomic mass is 16.2. The van der Waals surface area contributed by atoms with Gasteiger partial charge in [-0.25, -0.2) is 4.98 Å².